The fourth-order valence-electron chi connectivity index (χ4n) is 1.59. The van der Waals surface area contributed by atoms with E-state index >= 15 is 0 Å². The van der Waals surface area contributed by atoms with Gasteiger partial charge in [-0.25, -0.2) is 0 Å². The molecule has 4 heteroatoms. The maximum absolute atomic E-state index is 11.5. The van der Waals surface area contributed by atoms with Gasteiger partial charge in [0.1, 0.15) is 0 Å². The second kappa shape index (κ2) is 8.08. The van der Waals surface area contributed by atoms with Gasteiger partial charge in [-0.05, 0) is 24.1 Å². The highest BCUT2D eigenvalue weighted by Gasteiger charge is 2.03. The summed E-state index contributed by atoms with van der Waals surface area (Å²) in [6.07, 6.45) is 3.32. The summed E-state index contributed by atoms with van der Waals surface area (Å²) in [7, 11) is 0. The third-order valence-electron chi connectivity index (χ3n) is 2.52. The topological polar surface area (TPSA) is 58.2 Å². The zero-order valence-electron chi connectivity index (χ0n) is 11.2. The van der Waals surface area contributed by atoms with Crippen molar-refractivity contribution in [2.24, 2.45) is 0 Å². The predicted molar refractivity (Wildman–Crippen MR) is 76.9 cm³/mol. The molecule has 1 aromatic carbocycles. The van der Waals surface area contributed by atoms with Crippen molar-refractivity contribution in [3.63, 3.8) is 0 Å². The molecule has 2 amide bonds. The molecule has 19 heavy (non-hydrogen) atoms. The third kappa shape index (κ3) is 5.86. The van der Waals surface area contributed by atoms with Gasteiger partial charge >= 0.3 is 0 Å². The molecule has 0 saturated heterocycles. The number of benzene rings is 1. The molecule has 0 saturated carbocycles. The van der Waals surface area contributed by atoms with E-state index in [1.807, 2.05) is 31.2 Å². The van der Waals surface area contributed by atoms with Gasteiger partial charge in [-0.2, -0.15) is 0 Å². The fraction of sp³-hybridized carbons (Fsp3) is 0.333. The summed E-state index contributed by atoms with van der Waals surface area (Å²) in [5.41, 5.74) is 1.67. The average Bonchev–Trinajstić information content (AvgIpc) is 2.39. The van der Waals surface area contributed by atoms with Gasteiger partial charge in [0.2, 0.25) is 11.8 Å². The third-order valence-corrected chi connectivity index (χ3v) is 2.52. The molecule has 4 nitrogen and oxygen atoms in total. The molecule has 0 radical (unpaired) electrons. The van der Waals surface area contributed by atoms with Crippen LogP contribution < -0.4 is 10.6 Å². The van der Waals surface area contributed by atoms with Gasteiger partial charge in [-0.3, -0.25) is 9.59 Å². The maximum atomic E-state index is 11.5. The van der Waals surface area contributed by atoms with E-state index in [-0.39, 0.29) is 11.8 Å². The van der Waals surface area contributed by atoms with E-state index in [2.05, 4.69) is 17.2 Å². The molecule has 102 valence electrons. The van der Waals surface area contributed by atoms with Crippen molar-refractivity contribution in [3.8, 4) is 0 Å². The van der Waals surface area contributed by atoms with Crippen molar-refractivity contribution in [1.82, 2.24) is 5.32 Å². The molecule has 0 unspecified atom stereocenters. The van der Waals surface area contributed by atoms with E-state index < -0.39 is 0 Å². The molecule has 1 rings (SSSR count). The van der Waals surface area contributed by atoms with E-state index in [1.165, 1.54) is 0 Å². The number of hydrogen-bond acceptors (Lipinski definition) is 2. The number of amides is 2. The van der Waals surface area contributed by atoms with Crippen LogP contribution in [-0.2, 0) is 16.0 Å². The maximum Gasteiger partial charge on any atom is 0.224 e. The van der Waals surface area contributed by atoms with Crippen LogP contribution in [0.2, 0.25) is 0 Å². The molecule has 0 aromatic heterocycles. The molecular formula is C15H20N2O2. The van der Waals surface area contributed by atoms with Crippen LogP contribution in [0.25, 0.3) is 0 Å². The molecule has 0 aliphatic carbocycles. The van der Waals surface area contributed by atoms with Crippen LogP contribution in [0.3, 0.4) is 0 Å². The summed E-state index contributed by atoms with van der Waals surface area (Å²) in [6, 6.07) is 7.30. The summed E-state index contributed by atoms with van der Waals surface area (Å²) >= 11 is 0. The van der Waals surface area contributed by atoms with Gasteiger partial charge in [-0.1, -0.05) is 25.1 Å². The summed E-state index contributed by atoms with van der Waals surface area (Å²) in [6.45, 7) is 5.98. The number of carbonyl (C=O) groups is 2. The standard InChI is InChI=1S/C15H20N2O2/c1-3-5-14(18)17-13-8-6-12(7-9-13)11-15(19)16-10-4-2/h4,6-9H,2-3,5,10-11H2,1H3,(H,16,19)(H,17,18). The van der Waals surface area contributed by atoms with Crippen molar-refractivity contribution in [1.29, 1.82) is 0 Å². The Bertz CT molecular complexity index is 438. The van der Waals surface area contributed by atoms with Gasteiger partial charge < -0.3 is 10.6 Å². The second-order valence-electron chi connectivity index (χ2n) is 4.26. The van der Waals surface area contributed by atoms with Crippen molar-refractivity contribution in [2.45, 2.75) is 26.2 Å². The Labute approximate surface area is 113 Å². The Morgan fingerprint density at radius 1 is 1.21 bits per heavy atom. The first-order valence-corrected chi connectivity index (χ1v) is 6.42. The first-order valence-electron chi connectivity index (χ1n) is 6.42. The normalized spacial score (nSPS) is 9.74. The zero-order chi connectivity index (χ0) is 14.1. The molecule has 0 atom stereocenters. The first kappa shape index (κ1) is 15.0. The van der Waals surface area contributed by atoms with E-state index in [1.54, 1.807) is 6.08 Å². The van der Waals surface area contributed by atoms with Crippen LogP contribution in [0.5, 0.6) is 0 Å². The molecule has 0 spiro atoms. The predicted octanol–water partition coefficient (Wildman–Crippen LogP) is 2.27. The Morgan fingerprint density at radius 2 is 1.89 bits per heavy atom. The van der Waals surface area contributed by atoms with Crippen molar-refractivity contribution < 1.29 is 9.59 Å². The van der Waals surface area contributed by atoms with Crippen molar-refractivity contribution in [3.05, 3.63) is 42.5 Å². The lowest BCUT2D eigenvalue weighted by molar-refractivity contribution is -0.120. The van der Waals surface area contributed by atoms with Crippen LogP contribution in [-0.4, -0.2) is 18.4 Å². The molecule has 2 N–H and O–H groups in total. The SMILES string of the molecule is C=CCNC(=O)Cc1ccc(NC(=O)CCC)cc1. The number of anilines is 1. The van der Waals surface area contributed by atoms with E-state index in [4.69, 9.17) is 0 Å². The largest absolute Gasteiger partial charge is 0.352 e. The van der Waals surface area contributed by atoms with Gasteiger partial charge in [0, 0.05) is 18.7 Å². The monoisotopic (exact) mass is 260 g/mol. The first-order chi connectivity index (χ1) is 9.15. The van der Waals surface area contributed by atoms with Gasteiger partial charge in [-0.15, -0.1) is 6.58 Å². The number of carbonyl (C=O) groups excluding carboxylic acids is 2. The summed E-state index contributed by atoms with van der Waals surface area (Å²) in [5.74, 6) is -0.0263. The summed E-state index contributed by atoms with van der Waals surface area (Å²) in [5, 5.41) is 5.52. The number of hydrogen-bond donors (Lipinski definition) is 2. The highest BCUT2D eigenvalue weighted by molar-refractivity contribution is 5.90. The molecule has 0 aliphatic rings. The van der Waals surface area contributed by atoms with E-state index in [0.29, 0.717) is 19.4 Å². The molecule has 0 fully saturated rings. The van der Waals surface area contributed by atoms with Crippen LogP contribution in [0, 0.1) is 0 Å². The van der Waals surface area contributed by atoms with Gasteiger partial charge in [0.25, 0.3) is 0 Å². The van der Waals surface area contributed by atoms with Crippen LogP contribution in [0.15, 0.2) is 36.9 Å². The van der Waals surface area contributed by atoms with E-state index in [9.17, 15) is 9.59 Å². The van der Waals surface area contributed by atoms with Crippen molar-refractivity contribution in [2.75, 3.05) is 11.9 Å². The highest BCUT2D eigenvalue weighted by atomic mass is 16.2. The summed E-state index contributed by atoms with van der Waals surface area (Å²) in [4.78, 5) is 22.9. The second-order valence-corrected chi connectivity index (χ2v) is 4.26. The molecule has 0 heterocycles. The Balaban J connectivity index is 2.49. The Morgan fingerprint density at radius 3 is 2.47 bits per heavy atom. The van der Waals surface area contributed by atoms with Crippen LogP contribution in [0.1, 0.15) is 25.3 Å². The minimum atomic E-state index is -0.0392. The minimum Gasteiger partial charge on any atom is -0.352 e. The lowest BCUT2D eigenvalue weighted by Crippen LogP contribution is -2.24. The lowest BCUT2D eigenvalue weighted by Gasteiger charge is -2.06. The fourth-order valence-corrected chi connectivity index (χ4v) is 1.59. The molecular weight excluding hydrogens is 240 g/mol. The smallest absolute Gasteiger partial charge is 0.224 e. The number of nitrogens with one attached hydrogen (secondary N) is 2. The number of rotatable bonds is 7. The minimum absolute atomic E-state index is 0.0129. The molecule has 1 aromatic rings. The Kier molecular flexibility index (Phi) is 6.36. The summed E-state index contributed by atoms with van der Waals surface area (Å²) < 4.78 is 0. The molecule has 0 aliphatic heterocycles. The lowest BCUT2D eigenvalue weighted by atomic mass is 10.1. The van der Waals surface area contributed by atoms with Gasteiger partial charge in [0.15, 0.2) is 0 Å². The zero-order valence-corrected chi connectivity index (χ0v) is 11.2. The van der Waals surface area contributed by atoms with Crippen molar-refractivity contribution >= 4 is 17.5 Å². The van der Waals surface area contributed by atoms with E-state index in [0.717, 1.165) is 17.7 Å². The molecule has 0 bridgehead atoms. The Hall–Kier alpha value is -2.10. The van der Waals surface area contributed by atoms with Crippen LogP contribution >= 0.6 is 0 Å². The quantitative estimate of drug-likeness (QED) is 0.739. The average molecular weight is 260 g/mol. The highest BCUT2D eigenvalue weighted by Crippen LogP contribution is 2.10. The van der Waals surface area contributed by atoms with Gasteiger partial charge in [0.05, 0.1) is 6.42 Å². The van der Waals surface area contributed by atoms with Crippen LogP contribution in [0.4, 0.5) is 5.69 Å².